The second-order valence-electron chi connectivity index (χ2n) is 3.77. The summed E-state index contributed by atoms with van der Waals surface area (Å²) < 4.78 is 3.60. The van der Waals surface area contributed by atoms with Gasteiger partial charge in [-0.15, -0.1) is 5.10 Å². The van der Waals surface area contributed by atoms with Gasteiger partial charge in [0, 0.05) is 11.5 Å². The molecule has 94 valence electrons. The van der Waals surface area contributed by atoms with Crippen LogP contribution in [0.25, 0.3) is 0 Å². The number of nitrogens with zero attached hydrogens (tertiary/aromatic N) is 3. The third kappa shape index (κ3) is 1.61. The van der Waals surface area contributed by atoms with E-state index in [0.717, 1.165) is 16.4 Å². The average molecular weight is 275 g/mol. The number of aromatic nitrogens is 2. The standard InChI is InChI=1S/C11H5N3O4S/c15-9-6-2-1-5(11(17)18)3-7(6)10(16)14(9)8-4-12-13-19-8/h1-4H,(H,17,18). The van der Waals surface area contributed by atoms with Crippen LogP contribution < -0.4 is 4.90 Å². The van der Waals surface area contributed by atoms with E-state index in [-0.39, 0.29) is 16.7 Å². The van der Waals surface area contributed by atoms with Gasteiger partial charge in [0.2, 0.25) is 0 Å². The summed E-state index contributed by atoms with van der Waals surface area (Å²) in [7, 11) is 0. The van der Waals surface area contributed by atoms with Crippen molar-refractivity contribution in [3.63, 3.8) is 0 Å². The van der Waals surface area contributed by atoms with Crippen LogP contribution in [0.1, 0.15) is 31.1 Å². The summed E-state index contributed by atoms with van der Waals surface area (Å²) in [5.74, 6) is -2.21. The minimum atomic E-state index is -1.15. The van der Waals surface area contributed by atoms with Gasteiger partial charge in [-0.3, -0.25) is 9.59 Å². The van der Waals surface area contributed by atoms with Crippen LogP contribution in [-0.2, 0) is 0 Å². The van der Waals surface area contributed by atoms with Gasteiger partial charge in [-0.1, -0.05) is 4.49 Å². The van der Waals surface area contributed by atoms with Crippen molar-refractivity contribution in [3.05, 3.63) is 41.1 Å². The van der Waals surface area contributed by atoms with Crippen molar-refractivity contribution in [3.8, 4) is 0 Å². The highest BCUT2D eigenvalue weighted by molar-refractivity contribution is 7.10. The van der Waals surface area contributed by atoms with Gasteiger partial charge in [0.1, 0.15) is 5.00 Å². The van der Waals surface area contributed by atoms with Crippen LogP contribution in [-0.4, -0.2) is 32.5 Å². The Morgan fingerprint density at radius 2 is 1.95 bits per heavy atom. The van der Waals surface area contributed by atoms with Crippen molar-refractivity contribution in [1.29, 1.82) is 0 Å². The molecule has 1 aliphatic heterocycles. The van der Waals surface area contributed by atoms with Crippen molar-refractivity contribution < 1.29 is 19.5 Å². The van der Waals surface area contributed by atoms with Gasteiger partial charge in [-0.2, -0.15) is 0 Å². The Morgan fingerprint density at radius 1 is 1.21 bits per heavy atom. The Balaban J connectivity index is 2.12. The number of amides is 2. The maximum Gasteiger partial charge on any atom is 0.335 e. The predicted octanol–water partition coefficient (Wildman–Crippen LogP) is 1.04. The molecule has 0 saturated carbocycles. The lowest BCUT2D eigenvalue weighted by atomic mass is 10.1. The van der Waals surface area contributed by atoms with E-state index < -0.39 is 17.8 Å². The number of carbonyl (C=O) groups is 3. The van der Waals surface area contributed by atoms with Gasteiger partial charge < -0.3 is 5.11 Å². The van der Waals surface area contributed by atoms with E-state index in [0.29, 0.717) is 5.00 Å². The number of carbonyl (C=O) groups excluding carboxylic acids is 2. The average Bonchev–Trinajstić information content (AvgIpc) is 2.98. The molecular weight excluding hydrogens is 270 g/mol. The summed E-state index contributed by atoms with van der Waals surface area (Å²) in [6.07, 6.45) is 1.31. The second-order valence-corrected chi connectivity index (χ2v) is 4.53. The topological polar surface area (TPSA) is 100 Å². The van der Waals surface area contributed by atoms with E-state index in [2.05, 4.69) is 9.59 Å². The Labute approximate surface area is 110 Å². The number of rotatable bonds is 2. The number of hydrogen-bond donors (Lipinski definition) is 1. The number of benzene rings is 1. The van der Waals surface area contributed by atoms with E-state index in [4.69, 9.17) is 5.11 Å². The summed E-state index contributed by atoms with van der Waals surface area (Å²) in [5, 5.41) is 12.8. The fourth-order valence-corrected chi connectivity index (χ4v) is 2.35. The van der Waals surface area contributed by atoms with Crippen LogP contribution in [0.5, 0.6) is 0 Å². The zero-order chi connectivity index (χ0) is 13.6. The smallest absolute Gasteiger partial charge is 0.335 e. The molecule has 2 aromatic rings. The fraction of sp³-hybridized carbons (Fsp3) is 0. The molecule has 0 spiro atoms. The SMILES string of the molecule is O=C(O)c1ccc2c(c1)C(=O)N(c1cnns1)C2=O. The van der Waals surface area contributed by atoms with E-state index in [1.807, 2.05) is 0 Å². The second kappa shape index (κ2) is 3.95. The Kier molecular flexibility index (Phi) is 2.39. The first-order valence-corrected chi connectivity index (χ1v) is 5.90. The maximum atomic E-state index is 12.1. The molecule has 0 unspecified atom stereocenters. The van der Waals surface area contributed by atoms with Crippen molar-refractivity contribution in [1.82, 2.24) is 9.59 Å². The van der Waals surface area contributed by atoms with Gasteiger partial charge >= 0.3 is 5.97 Å². The van der Waals surface area contributed by atoms with Gasteiger partial charge in [0.05, 0.1) is 22.9 Å². The first kappa shape index (κ1) is 11.5. The minimum Gasteiger partial charge on any atom is -0.478 e. The molecule has 0 atom stereocenters. The molecule has 3 rings (SSSR count). The monoisotopic (exact) mass is 275 g/mol. The summed E-state index contributed by atoms with van der Waals surface area (Å²) in [4.78, 5) is 36.1. The van der Waals surface area contributed by atoms with Crippen molar-refractivity contribution >= 4 is 34.3 Å². The predicted molar refractivity (Wildman–Crippen MR) is 64.5 cm³/mol. The largest absolute Gasteiger partial charge is 0.478 e. The van der Waals surface area contributed by atoms with Gasteiger partial charge in [-0.25, -0.2) is 9.69 Å². The highest BCUT2D eigenvalue weighted by Gasteiger charge is 2.38. The number of aromatic carboxylic acids is 1. The molecular formula is C11H5N3O4S. The molecule has 1 aromatic heterocycles. The molecule has 0 radical (unpaired) electrons. The van der Waals surface area contributed by atoms with Gasteiger partial charge in [0.25, 0.3) is 11.8 Å². The maximum absolute atomic E-state index is 12.1. The normalized spacial score (nSPS) is 13.8. The summed E-state index contributed by atoms with van der Waals surface area (Å²) in [5.41, 5.74) is 0.228. The number of fused-ring (bicyclic) bond motifs is 1. The van der Waals surface area contributed by atoms with Crippen molar-refractivity contribution in [2.45, 2.75) is 0 Å². The lowest BCUT2D eigenvalue weighted by Crippen LogP contribution is -2.28. The van der Waals surface area contributed by atoms with Gasteiger partial charge in [-0.05, 0) is 18.2 Å². The molecule has 1 N–H and O–H groups in total. The number of carboxylic acids is 1. The summed E-state index contributed by atoms with van der Waals surface area (Å²) in [6, 6.07) is 3.83. The third-order valence-electron chi connectivity index (χ3n) is 2.70. The summed E-state index contributed by atoms with van der Waals surface area (Å²) >= 11 is 0.916. The fourth-order valence-electron chi connectivity index (χ4n) is 1.83. The van der Waals surface area contributed by atoms with Gasteiger partial charge in [0.15, 0.2) is 0 Å². The van der Waals surface area contributed by atoms with Crippen LogP contribution in [0.15, 0.2) is 24.4 Å². The van der Waals surface area contributed by atoms with E-state index in [1.54, 1.807) is 0 Å². The molecule has 7 nitrogen and oxygen atoms in total. The lowest BCUT2D eigenvalue weighted by molar-refractivity contribution is 0.0696. The molecule has 2 heterocycles. The number of imide groups is 1. The molecule has 0 saturated heterocycles. The third-order valence-corrected chi connectivity index (χ3v) is 3.35. The first-order valence-electron chi connectivity index (χ1n) is 5.13. The molecule has 0 bridgehead atoms. The van der Waals surface area contributed by atoms with E-state index in [1.165, 1.54) is 24.4 Å². The molecule has 0 aliphatic carbocycles. The molecule has 8 heteroatoms. The Morgan fingerprint density at radius 3 is 2.58 bits per heavy atom. The number of carboxylic acid groups (broad SMARTS) is 1. The van der Waals surface area contributed by atoms with E-state index in [9.17, 15) is 14.4 Å². The molecule has 1 aromatic carbocycles. The number of hydrogen-bond acceptors (Lipinski definition) is 6. The molecule has 2 amide bonds. The highest BCUT2D eigenvalue weighted by Crippen LogP contribution is 2.30. The van der Waals surface area contributed by atoms with Crippen LogP contribution >= 0.6 is 11.5 Å². The summed E-state index contributed by atoms with van der Waals surface area (Å²) in [6.45, 7) is 0. The number of anilines is 1. The van der Waals surface area contributed by atoms with Crippen LogP contribution in [0.3, 0.4) is 0 Å². The first-order chi connectivity index (χ1) is 9.09. The minimum absolute atomic E-state index is 0.0378. The molecule has 1 aliphatic rings. The van der Waals surface area contributed by atoms with Crippen molar-refractivity contribution in [2.24, 2.45) is 0 Å². The molecule has 19 heavy (non-hydrogen) atoms. The highest BCUT2D eigenvalue weighted by atomic mass is 32.1. The Hall–Kier alpha value is -2.61. The zero-order valence-electron chi connectivity index (χ0n) is 9.23. The molecule has 0 fully saturated rings. The van der Waals surface area contributed by atoms with Crippen LogP contribution in [0, 0.1) is 0 Å². The quantitative estimate of drug-likeness (QED) is 0.822. The zero-order valence-corrected chi connectivity index (χ0v) is 10.0. The van der Waals surface area contributed by atoms with E-state index >= 15 is 0 Å². The van der Waals surface area contributed by atoms with Crippen LogP contribution in [0.2, 0.25) is 0 Å². The Bertz CT molecular complexity index is 711. The van der Waals surface area contributed by atoms with Crippen LogP contribution in [0.4, 0.5) is 5.00 Å². The lowest BCUT2D eigenvalue weighted by Gasteiger charge is -2.08. The van der Waals surface area contributed by atoms with Crippen molar-refractivity contribution in [2.75, 3.05) is 4.90 Å².